The second kappa shape index (κ2) is 12.8. The number of phenols is 1. The van der Waals surface area contributed by atoms with Gasteiger partial charge in [-0.1, -0.05) is 17.7 Å². The highest BCUT2D eigenvalue weighted by Gasteiger charge is 2.35. The van der Waals surface area contributed by atoms with Crippen LogP contribution in [0.25, 0.3) is 11.1 Å². The quantitative estimate of drug-likeness (QED) is 0.325. The van der Waals surface area contributed by atoms with Crippen LogP contribution in [-0.4, -0.2) is 58.6 Å². The van der Waals surface area contributed by atoms with Gasteiger partial charge in [0, 0.05) is 32.4 Å². The second-order valence-corrected chi connectivity index (χ2v) is 9.37. The lowest BCUT2D eigenvalue weighted by Crippen LogP contribution is -2.33. The molecule has 9 nitrogen and oxygen atoms in total. The average Bonchev–Trinajstić information content (AvgIpc) is 2.79. The van der Waals surface area contributed by atoms with Gasteiger partial charge in [-0.2, -0.15) is 0 Å². The number of fused-ring (bicyclic) bond motifs is 1. The van der Waals surface area contributed by atoms with Gasteiger partial charge in [0.05, 0.1) is 25.7 Å². The van der Waals surface area contributed by atoms with E-state index in [1.807, 2.05) is 0 Å². The number of aliphatic hydroxyl groups is 2. The molecule has 0 fully saturated rings. The summed E-state index contributed by atoms with van der Waals surface area (Å²) < 4.78 is 5.49. The Morgan fingerprint density at radius 3 is 2.53 bits per heavy atom. The van der Waals surface area contributed by atoms with Gasteiger partial charge in [0.2, 0.25) is 5.91 Å². The molecule has 0 aliphatic heterocycles. The van der Waals surface area contributed by atoms with E-state index in [0.717, 1.165) is 0 Å². The van der Waals surface area contributed by atoms with Crippen LogP contribution in [0.2, 0.25) is 5.02 Å². The maximum Gasteiger partial charge on any atom is 0.224 e. The topological polar surface area (TPSA) is 179 Å². The molecular formula is C26H36ClNO8. The van der Waals surface area contributed by atoms with E-state index in [4.69, 9.17) is 22.1 Å². The average molecular weight is 526 g/mol. The Kier molecular flexibility index (Phi) is 10.4. The summed E-state index contributed by atoms with van der Waals surface area (Å²) in [6, 6.07) is 8.36. The number of carbonyl (C=O) groups is 3. The number of phenolic OH excluding ortho intramolecular Hbond substituents is 1. The van der Waals surface area contributed by atoms with Gasteiger partial charge in [-0.05, 0) is 66.5 Å². The van der Waals surface area contributed by atoms with Crippen molar-refractivity contribution in [3.63, 3.8) is 0 Å². The number of benzene rings is 2. The number of rotatable bonds is 11. The number of methoxy groups -OCH3 is 1. The summed E-state index contributed by atoms with van der Waals surface area (Å²) in [6.07, 6.45) is 0.656. The Labute approximate surface area is 217 Å². The van der Waals surface area contributed by atoms with Crippen LogP contribution in [-0.2, 0) is 16.0 Å². The van der Waals surface area contributed by atoms with Crippen molar-refractivity contribution in [2.75, 3.05) is 20.3 Å². The SMILES string of the molecule is COc1ccc(Cl)cc1-c1ccc(O)c2c1CC(CC(CCO)C(CO)C(=O)CC(N)=O)CC2=O.O.[HH].[HH]. The van der Waals surface area contributed by atoms with Crippen LogP contribution in [0.3, 0.4) is 0 Å². The minimum atomic E-state index is -0.872. The molecule has 7 N–H and O–H groups in total. The van der Waals surface area contributed by atoms with Crippen molar-refractivity contribution in [2.24, 2.45) is 23.5 Å². The molecule has 3 rings (SSSR count). The van der Waals surface area contributed by atoms with E-state index in [2.05, 4.69) is 0 Å². The number of carbonyl (C=O) groups excluding carboxylic acids is 3. The number of amides is 1. The Morgan fingerprint density at radius 1 is 1.19 bits per heavy atom. The molecule has 0 bridgehead atoms. The van der Waals surface area contributed by atoms with Crippen LogP contribution < -0.4 is 10.5 Å². The number of primary amides is 1. The number of halogens is 1. The summed E-state index contributed by atoms with van der Waals surface area (Å²) in [4.78, 5) is 36.9. The monoisotopic (exact) mass is 525 g/mol. The lowest BCUT2D eigenvalue weighted by Gasteiger charge is -2.32. The molecule has 0 saturated carbocycles. The Balaban J connectivity index is 0.00000456. The van der Waals surface area contributed by atoms with Crippen LogP contribution in [0, 0.1) is 17.8 Å². The molecule has 36 heavy (non-hydrogen) atoms. The largest absolute Gasteiger partial charge is 0.507 e. The van der Waals surface area contributed by atoms with Gasteiger partial charge in [0.1, 0.15) is 17.3 Å². The van der Waals surface area contributed by atoms with Gasteiger partial charge in [-0.25, -0.2) is 0 Å². The molecule has 0 heterocycles. The fourth-order valence-corrected chi connectivity index (χ4v) is 5.26. The van der Waals surface area contributed by atoms with Crippen LogP contribution in [0.1, 0.15) is 44.5 Å². The Bertz CT molecular complexity index is 1130. The summed E-state index contributed by atoms with van der Waals surface area (Å²) in [6.45, 7) is -0.701. The number of Topliss-reactive ketones (excluding diaryl/α,β-unsaturated/α-hetero) is 2. The van der Waals surface area contributed by atoms with Gasteiger partial charge in [0.25, 0.3) is 0 Å². The molecule has 1 amide bonds. The number of ketones is 2. The van der Waals surface area contributed by atoms with Crippen molar-refractivity contribution in [1.82, 2.24) is 0 Å². The summed E-state index contributed by atoms with van der Waals surface area (Å²) in [5.41, 5.74) is 7.45. The highest BCUT2D eigenvalue weighted by Crippen LogP contribution is 2.43. The standard InChI is InChI=1S/C26H30ClNO7.H2O.2H2/c1-35-24-5-2-16(27)11-18(24)17-3-4-21(31)26-19(17)9-14(10-23(26)33)8-15(6-7-29)20(13-30)22(32)12-25(28)34;;;/h2-5,11,14-15,20,29-31H,6-10,12-13H2,1H3,(H2,28,34);1H2;2*1H. The maximum atomic E-state index is 13.1. The first-order chi connectivity index (χ1) is 16.7. The first kappa shape index (κ1) is 29.3. The third-order valence-corrected chi connectivity index (χ3v) is 6.89. The van der Waals surface area contributed by atoms with Crippen molar-refractivity contribution in [1.29, 1.82) is 0 Å². The normalized spacial score (nSPS) is 16.4. The number of ether oxygens (including phenoxy) is 1. The summed E-state index contributed by atoms with van der Waals surface area (Å²) in [5, 5.41) is 30.4. The van der Waals surface area contributed by atoms with Gasteiger partial charge in [-0.15, -0.1) is 0 Å². The molecule has 0 radical (unpaired) electrons. The fourth-order valence-electron chi connectivity index (χ4n) is 5.09. The van der Waals surface area contributed by atoms with E-state index in [0.29, 0.717) is 40.3 Å². The lowest BCUT2D eigenvalue weighted by atomic mass is 9.72. The van der Waals surface area contributed by atoms with Crippen LogP contribution >= 0.6 is 11.6 Å². The Morgan fingerprint density at radius 2 is 1.92 bits per heavy atom. The predicted molar refractivity (Wildman–Crippen MR) is 138 cm³/mol. The predicted octanol–water partition coefficient (Wildman–Crippen LogP) is 2.58. The fraction of sp³-hybridized carbons (Fsp3) is 0.423. The van der Waals surface area contributed by atoms with Crippen molar-refractivity contribution in [2.45, 2.75) is 32.1 Å². The number of hydrogen-bond donors (Lipinski definition) is 4. The lowest BCUT2D eigenvalue weighted by molar-refractivity contribution is -0.131. The maximum absolute atomic E-state index is 13.1. The molecule has 10 heteroatoms. The zero-order chi connectivity index (χ0) is 25.7. The number of nitrogens with two attached hydrogens (primary N) is 1. The van der Waals surface area contributed by atoms with Crippen molar-refractivity contribution >= 4 is 29.1 Å². The van der Waals surface area contributed by atoms with E-state index in [1.54, 1.807) is 24.3 Å². The van der Waals surface area contributed by atoms with E-state index in [9.17, 15) is 29.7 Å². The van der Waals surface area contributed by atoms with Crippen molar-refractivity contribution in [3.8, 4) is 22.6 Å². The van der Waals surface area contributed by atoms with Crippen molar-refractivity contribution in [3.05, 3.63) is 46.5 Å². The molecule has 3 unspecified atom stereocenters. The van der Waals surface area contributed by atoms with E-state index < -0.39 is 36.6 Å². The highest BCUT2D eigenvalue weighted by molar-refractivity contribution is 6.31. The number of hydrogen-bond acceptors (Lipinski definition) is 7. The van der Waals surface area contributed by atoms with Gasteiger partial charge >= 0.3 is 0 Å². The first-order valence-electron chi connectivity index (χ1n) is 11.4. The minimum Gasteiger partial charge on any atom is -0.507 e. The third-order valence-electron chi connectivity index (χ3n) is 6.65. The van der Waals surface area contributed by atoms with Crippen molar-refractivity contribution < 1.29 is 42.8 Å². The molecule has 0 aromatic heterocycles. The molecule has 2 aromatic rings. The van der Waals surface area contributed by atoms with Gasteiger partial charge < -0.3 is 31.3 Å². The summed E-state index contributed by atoms with van der Waals surface area (Å²) >= 11 is 6.23. The number of aliphatic hydroxyl groups excluding tert-OH is 2. The second-order valence-electron chi connectivity index (χ2n) is 8.93. The zero-order valence-corrected chi connectivity index (χ0v) is 20.8. The van der Waals surface area contributed by atoms with E-state index in [1.165, 1.54) is 13.2 Å². The third kappa shape index (κ3) is 6.41. The minimum absolute atomic E-state index is 0. The van der Waals surface area contributed by atoms with Crippen LogP contribution in [0.15, 0.2) is 30.3 Å². The smallest absolute Gasteiger partial charge is 0.224 e. The molecule has 3 atom stereocenters. The van der Waals surface area contributed by atoms with Gasteiger partial charge in [-0.3, -0.25) is 14.4 Å². The number of aromatic hydroxyl groups is 1. The molecule has 0 spiro atoms. The summed E-state index contributed by atoms with van der Waals surface area (Å²) in [5.74, 6) is -2.58. The van der Waals surface area contributed by atoms with Crippen LogP contribution in [0.5, 0.6) is 11.5 Å². The molecule has 1 aliphatic carbocycles. The molecule has 0 saturated heterocycles. The van der Waals surface area contributed by atoms with Gasteiger partial charge in [0.15, 0.2) is 5.78 Å². The van der Waals surface area contributed by atoms with E-state index >= 15 is 0 Å². The molecular weight excluding hydrogens is 490 g/mol. The molecule has 2 aromatic carbocycles. The molecule has 1 aliphatic rings. The molecule has 200 valence electrons. The highest BCUT2D eigenvalue weighted by atomic mass is 35.5. The van der Waals surface area contributed by atoms with Crippen LogP contribution in [0.4, 0.5) is 0 Å². The first-order valence-corrected chi connectivity index (χ1v) is 11.8. The zero-order valence-electron chi connectivity index (χ0n) is 20.0. The van der Waals surface area contributed by atoms with E-state index in [-0.39, 0.29) is 50.8 Å². The Hall–Kier alpha value is -2.98. The summed E-state index contributed by atoms with van der Waals surface area (Å²) in [7, 11) is 1.53.